The maximum atomic E-state index is 12.6. The Bertz CT molecular complexity index is 1130. The van der Waals surface area contributed by atoms with Crippen molar-refractivity contribution in [1.29, 1.82) is 0 Å². The predicted octanol–water partition coefficient (Wildman–Crippen LogP) is 2.09. The highest BCUT2D eigenvalue weighted by Gasteiger charge is 2.24. The number of rotatable bonds is 6. The Balaban J connectivity index is 1.85. The number of para-hydroxylation sites is 1. The van der Waals surface area contributed by atoms with Gasteiger partial charge in [0.2, 0.25) is 0 Å². The molecule has 1 aromatic heterocycles. The molecule has 0 saturated carbocycles. The fourth-order valence-electron chi connectivity index (χ4n) is 2.97. The molecule has 1 heterocycles. The van der Waals surface area contributed by atoms with Gasteiger partial charge < -0.3 is 15.0 Å². The van der Waals surface area contributed by atoms with Crippen molar-refractivity contribution in [2.75, 3.05) is 13.4 Å². The molecule has 3 rings (SSSR count). The first-order valence-corrected chi connectivity index (χ1v) is 10.4. The number of nitrogens with one attached hydrogen (secondary N) is 2. The molecule has 1 amide bonds. The molecule has 0 aliphatic rings. The van der Waals surface area contributed by atoms with E-state index in [1.807, 2.05) is 24.3 Å². The molecule has 2 aromatic carbocycles. The summed E-state index contributed by atoms with van der Waals surface area (Å²) in [7, 11) is -2.20. The number of hydrogen-bond donors (Lipinski definition) is 2. The predicted molar refractivity (Wildman–Crippen MR) is 105 cm³/mol. The summed E-state index contributed by atoms with van der Waals surface area (Å²) in [6.07, 6.45) is 3.09. The van der Waals surface area contributed by atoms with Crippen LogP contribution in [0.25, 0.3) is 10.9 Å². The van der Waals surface area contributed by atoms with Gasteiger partial charge in [0.25, 0.3) is 5.91 Å². The van der Waals surface area contributed by atoms with E-state index in [1.165, 1.54) is 31.4 Å². The average molecular weight is 400 g/mol. The first-order valence-electron chi connectivity index (χ1n) is 8.53. The number of H-pyrrole nitrogens is 1. The number of aromatic nitrogens is 1. The zero-order valence-electron chi connectivity index (χ0n) is 15.4. The minimum absolute atomic E-state index is 0.0337. The van der Waals surface area contributed by atoms with Crippen molar-refractivity contribution in [1.82, 2.24) is 10.3 Å². The van der Waals surface area contributed by atoms with E-state index in [-0.39, 0.29) is 16.9 Å². The molecule has 0 saturated heterocycles. The van der Waals surface area contributed by atoms with E-state index in [0.717, 1.165) is 22.7 Å². The van der Waals surface area contributed by atoms with Gasteiger partial charge in [0, 0.05) is 35.3 Å². The number of aromatic amines is 1. The Morgan fingerprint density at radius 2 is 1.89 bits per heavy atom. The van der Waals surface area contributed by atoms with Gasteiger partial charge in [0.1, 0.15) is 6.04 Å². The zero-order valence-corrected chi connectivity index (χ0v) is 16.2. The Hall–Kier alpha value is -3.13. The van der Waals surface area contributed by atoms with Gasteiger partial charge in [-0.2, -0.15) is 0 Å². The van der Waals surface area contributed by atoms with Gasteiger partial charge in [-0.15, -0.1) is 0 Å². The second-order valence-electron chi connectivity index (χ2n) is 6.41. The van der Waals surface area contributed by atoms with E-state index in [1.54, 1.807) is 6.20 Å². The van der Waals surface area contributed by atoms with Gasteiger partial charge in [0.15, 0.2) is 9.84 Å². The molecular weight excluding hydrogens is 380 g/mol. The lowest BCUT2D eigenvalue weighted by atomic mass is 10.0. The summed E-state index contributed by atoms with van der Waals surface area (Å²) in [5, 5.41) is 3.59. The van der Waals surface area contributed by atoms with Crippen LogP contribution >= 0.6 is 0 Å². The van der Waals surface area contributed by atoms with Gasteiger partial charge >= 0.3 is 5.97 Å². The summed E-state index contributed by atoms with van der Waals surface area (Å²) >= 11 is 0. The summed E-state index contributed by atoms with van der Waals surface area (Å²) in [5.41, 5.74) is 1.93. The zero-order chi connectivity index (χ0) is 20.3. The average Bonchev–Trinajstić information content (AvgIpc) is 3.09. The molecule has 0 fully saturated rings. The number of benzene rings is 2. The van der Waals surface area contributed by atoms with Crippen molar-refractivity contribution < 1.29 is 22.7 Å². The number of fused-ring (bicyclic) bond motifs is 1. The van der Waals surface area contributed by atoms with Crippen molar-refractivity contribution in [3.05, 3.63) is 65.9 Å². The van der Waals surface area contributed by atoms with E-state index in [0.29, 0.717) is 0 Å². The molecule has 7 nitrogen and oxygen atoms in total. The van der Waals surface area contributed by atoms with Crippen LogP contribution in [0, 0.1) is 0 Å². The van der Waals surface area contributed by atoms with Crippen LogP contribution in [-0.4, -0.2) is 44.7 Å². The van der Waals surface area contributed by atoms with E-state index in [2.05, 4.69) is 10.3 Å². The normalized spacial score (nSPS) is 12.5. The van der Waals surface area contributed by atoms with Crippen LogP contribution in [0.2, 0.25) is 0 Å². The third kappa shape index (κ3) is 4.23. The van der Waals surface area contributed by atoms with Crippen LogP contribution in [0.15, 0.2) is 59.6 Å². The summed E-state index contributed by atoms with van der Waals surface area (Å²) in [5.74, 6) is -1.14. The number of carbonyl (C=O) groups is 2. The van der Waals surface area contributed by atoms with Crippen molar-refractivity contribution in [3.8, 4) is 0 Å². The second kappa shape index (κ2) is 7.85. The first kappa shape index (κ1) is 19.6. The van der Waals surface area contributed by atoms with Crippen LogP contribution in [0.5, 0.6) is 0 Å². The molecule has 28 heavy (non-hydrogen) atoms. The van der Waals surface area contributed by atoms with Gasteiger partial charge in [-0.25, -0.2) is 13.2 Å². The van der Waals surface area contributed by atoms with Crippen molar-refractivity contribution in [2.24, 2.45) is 0 Å². The van der Waals surface area contributed by atoms with E-state index in [9.17, 15) is 18.0 Å². The number of sulfone groups is 1. The van der Waals surface area contributed by atoms with Gasteiger partial charge in [-0.1, -0.05) is 24.3 Å². The van der Waals surface area contributed by atoms with E-state index < -0.39 is 27.8 Å². The first-order chi connectivity index (χ1) is 13.3. The quantitative estimate of drug-likeness (QED) is 0.617. The van der Waals surface area contributed by atoms with Crippen LogP contribution in [0.3, 0.4) is 0 Å². The van der Waals surface area contributed by atoms with E-state index >= 15 is 0 Å². The van der Waals surface area contributed by atoms with E-state index in [4.69, 9.17) is 4.74 Å². The molecule has 0 aliphatic carbocycles. The highest BCUT2D eigenvalue weighted by Crippen LogP contribution is 2.20. The van der Waals surface area contributed by atoms with Crippen molar-refractivity contribution in [2.45, 2.75) is 17.4 Å². The number of hydrogen-bond acceptors (Lipinski definition) is 5. The fraction of sp³-hybridized carbons (Fsp3) is 0.200. The number of esters is 1. The minimum Gasteiger partial charge on any atom is -0.467 e. The molecule has 8 heteroatoms. The summed E-state index contributed by atoms with van der Waals surface area (Å²) in [6.45, 7) is 0. The second-order valence-corrected chi connectivity index (χ2v) is 8.43. The van der Waals surface area contributed by atoms with Crippen LogP contribution in [-0.2, 0) is 25.8 Å². The molecule has 0 spiro atoms. The lowest BCUT2D eigenvalue weighted by Gasteiger charge is -2.16. The third-order valence-corrected chi connectivity index (χ3v) is 5.52. The molecule has 146 valence electrons. The SMILES string of the molecule is COC(=O)[C@@H](Cc1c[nH]c2ccccc12)NC(=O)c1cccc(S(C)(=O)=O)c1. The van der Waals surface area contributed by atoms with Crippen LogP contribution < -0.4 is 5.32 Å². The Morgan fingerprint density at radius 1 is 1.14 bits per heavy atom. The van der Waals surface area contributed by atoms with Gasteiger partial charge in [-0.05, 0) is 29.8 Å². The maximum absolute atomic E-state index is 12.6. The topological polar surface area (TPSA) is 105 Å². The molecule has 0 radical (unpaired) electrons. The molecule has 0 unspecified atom stereocenters. The maximum Gasteiger partial charge on any atom is 0.328 e. The summed E-state index contributed by atoms with van der Waals surface area (Å²) in [4.78, 5) is 28.0. The third-order valence-electron chi connectivity index (χ3n) is 4.41. The lowest BCUT2D eigenvalue weighted by Crippen LogP contribution is -2.43. The van der Waals surface area contributed by atoms with Crippen molar-refractivity contribution in [3.63, 3.8) is 0 Å². The number of ether oxygens (including phenoxy) is 1. The Morgan fingerprint density at radius 3 is 2.61 bits per heavy atom. The summed E-state index contributed by atoms with van der Waals surface area (Å²) < 4.78 is 28.3. The number of amides is 1. The Labute approximate surface area is 162 Å². The molecule has 0 bridgehead atoms. The molecular formula is C20H20N2O5S. The molecule has 1 atom stereocenters. The Kier molecular flexibility index (Phi) is 5.51. The summed E-state index contributed by atoms with van der Waals surface area (Å²) in [6, 6.07) is 12.4. The number of carbonyl (C=O) groups excluding carboxylic acids is 2. The lowest BCUT2D eigenvalue weighted by molar-refractivity contribution is -0.142. The molecule has 3 aromatic rings. The monoisotopic (exact) mass is 400 g/mol. The van der Waals surface area contributed by atoms with Crippen LogP contribution in [0.4, 0.5) is 0 Å². The standard InChI is InChI=1S/C20H20N2O5S/c1-27-20(24)18(11-14-12-21-17-9-4-3-8-16(14)17)22-19(23)13-6-5-7-15(10-13)28(2,25)26/h3-10,12,18,21H,11H2,1-2H3,(H,22,23)/t18-/m1/s1. The van der Waals surface area contributed by atoms with Gasteiger partial charge in [0.05, 0.1) is 12.0 Å². The minimum atomic E-state index is -3.45. The smallest absolute Gasteiger partial charge is 0.328 e. The van der Waals surface area contributed by atoms with Crippen molar-refractivity contribution >= 4 is 32.6 Å². The highest BCUT2D eigenvalue weighted by molar-refractivity contribution is 7.90. The molecule has 0 aliphatic heterocycles. The largest absolute Gasteiger partial charge is 0.467 e. The number of methoxy groups -OCH3 is 1. The molecule has 2 N–H and O–H groups in total. The highest BCUT2D eigenvalue weighted by atomic mass is 32.2. The fourth-order valence-corrected chi connectivity index (χ4v) is 3.63. The van der Waals surface area contributed by atoms with Gasteiger partial charge in [-0.3, -0.25) is 4.79 Å². The van der Waals surface area contributed by atoms with Crippen LogP contribution in [0.1, 0.15) is 15.9 Å².